The molecule has 1 aromatic rings. The highest BCUT2D eigenvalue weighted by atomic mass is 16.5. The van der Waals surface area contributed by atoms with E-state index in [1.54, 1.807) is 12.0 Å². The Bertz CT molecular complexity index is 576. The molecule has 0 saturated carbocycles. The lowest BCUT2D eigenvalue weighted by Crippen LogP contribution is -2.44. The molecule has 1 aromatic carbocycles. The Morgan fingerprint density at radius 2 is 2.27 bits per heavy atom. The lowest BCUT2D eigenvalue weighted by molar-refractivity contribution is -0.123. The zero-order valence-electron chi connectivity index (χ0n) is 12.7. The van der Waals surface area contributed by atoms with Crippen LogP contribution in [0.2, 0.25) is 0 Å². The van der Waals surface area contributed by atoms with Gasteiger partial charge in [0.05, 0.1) is 18.6 Å². The molecule has 0 aromatic heterocycles. The fourth-order valence-electron chi connectivity index (χ4n) is 3.06. The summed E-state index contributed by atoms with van der Waals surface area (Å²) in [6.45, 7) is 1.66. The van der Waals surface area contributed by atoms with Gasteiger partial charge in [0.2, 0.25) is 11.8 Å². The fraction of sp³-hybridized carbons (Fsp3) is 0.500. The number of hydrogen-bond acceptors (Lipinski definition) is 4. The molecule has 2 amide bonds. The van der Waals surface area contributed by atoms with Gasteiger partial charge in [-0.25, -0.2) is 0 Å². The average Bonchev–Trinajstić information content (AvgIpc) is 3.12. The third kappa shape index (κ3) is 2.98. The van der Waals surface area contributed by atoms with Gasteiger partial charge in [0.15, 0.2) is 0 Å². The Morgan fingerprint density at radius 3 is 3.05 bits per heavy atom. The number of nitrogens with zero attached hydrogens (tertiary/aromatic N) is 1. The molecule has 6 nitrogen and oxygen atoms in total. The molecule has 118 valence electrons. The van der Waals surface area contributed by atoms with Crippen LogP contribution in [0.5, 0.6) is 0 Å². The molecule has 2 aliphatic heterocycles. The van der Waals surface area contributed by atoms with E-state index in [9.17, 15) is 9.59 Å². The van der Waals surface area contributed by atoms with E-state index in [4.69, 9.17) is 4.74 Å². The van der Waals surface area contributed by atoms with Gasteiger partial charge in [0.1, 0.15) is 0 Å². The number of fused-ring (bicyclic) bond motifs is 1. The van der Waals surface area contributed by atoms with Gasteiger partial charge in [-0.3, -0.25) is 9.59 Å². The van der Waals surface area contributed by atoms with Crippen molar-refractivity contribution in [3.63, 3.8) is 0 Å². The highest BCUT2D eigenvalue weighted by Gasteiger charge is 2.30. The average molecular weight is 303 g/mol. The topological polar surface area (TPSA) is 70.7 Å². The van der Waals surface area contributed by atoms with Crippen LogP contribution in [0.4, 0.5) is 5.69 Å². The molecule has 22 heavy (non-hydrogen) atoms. The molecule has 0 bridgehead atoms. The minimum Gasteiger partial charge on any atom is -0.380 e. The molecule has 0 spiro atoms. The van der Waals surface area contributed by atoms with Gasteiger partial charge in [0.25, 0.3) is 0 Å². The van der Waals surface area contributed by atoms with Gasteiger partial charge in [0, 0.05) is 32.4 Å². The van der Waals surface area contributed by atoms with E-state index in [0.29, 0.717) is 32.5 Å². The van der Waals surface area contributed by atoms with Crippen LogP contribution in [-0.4, -0.2) is 50.7 Å². The highest BCUT2D eigenvalue weighted by molar-refractivity contribution is 6.01. The SMILES string of the molecule is CO[C@@H]1CN[C@@H](C(=O)NCCN2C(=O)Cc3ccccc32)C1. The van der Waals surface area contributed by atoms with Crippen molar-refractivity contribution in [2.75, 3.05) is 31.6 Å². The van der Waals surface area contributed by atoms with Crippen molar-refractivity contribution in [2.24, 2.45) is 0 Å². The number of carbonyl (C=O) groups is 2. The number of methoxy groups -OCH3 is 1. The molecule has 0 radical (unpaired) electrons. The lowest BCUT2D eigenvalue weighted by Gasteiger charge is -2.18. The van der Waals surface area contributed by atoms with Crippen molar-refractivity contribution < 1.29 is 14.3 Å². The van der Waals surface area contributed by atoms with Crippen molar-refractivity contribution in [3.05, 3.63) is 29.8 Å². The van der Waals surface area contributed by atoms with Crippen molar-refractivity contribution in [1.82, 2.24) is 10.6 Å². The summed E-state index contributed by atoms with van der Waals surface area (Å²) in [5.74, 6) is 0.0633. The molecule has 2 aliphatic rings. The fourth-order valence-corrected chi connectivity index (χ4v) is 3.06. The molecule has 1 saturated heterocycles. The zero-order chi connectivity index (χ0) is 15.5. The summed E-state index contributed by atoms with van der Waals surface area (Å²) in [4.78, 5) is 25.9. The van der Waals surface area contributed by atoms with E-state index < -0.39 is 0 Å². The molecule has 1 fully saturated rings. The Hall–Kier alpha value is -1.92. The lowest BCUT2D eigenvalue weighted by atomic mass is 10.2. The minimum atomic E-state index is -0.202. The molecule has 2 heterocycles. The first-order valence-electron chi connectivity index (χ1n) is 7.61. The van der Waals surface area contributed by atoms with Gasteiger partial charge in [-0.2, -0.15) is 0 Å². The van der Waals surface area contributed by atoms with Crippen LogP contribution in [0, 0.1) is 0 Å². The Balaban J connectivity index is 1.49. The van der Waals surface area contributed by atoms with Crippen molar-refractivity contribution >= 4 is 17.5 Å². The van der Waals surface area contributed by atoms with Gasteiger partial charge >= 0.3 is 0 Å². The van der Waals surface area contributed by atoms with E-state index in [1.165, 1.54) is 0 Å². The smallest absolute Gasteiger partial charge is 0.237 e. The molecule has 2 atom stereocenters. The van der Waals surface area contributed by atoms with E-state index in [1.807, 2.05) is 24.3 Å². The van der Waals surface area contributed by atoms with Crippen LogP contribution in [0.3, 0.4) is 0 Å². The summed E-state index contributed by atoms with van der Waals surface area (Å²) >= 11 is 0. The van der Waals surface area contributed by atoms with Crippen LogP contribution in [0.25, 0.3) is 0 Å². The summed E-state index contributed by atoms with van der Waals surface area (Å²) in [5, 5.41) is 6.04. The summed E-state index contributed by atoms with van der Waals surface area (Å²) in [7, 11) is 1.66. The monoisotopic (exact) mass is 303 g/mol. The van der Waals surface area contributed by atoms with Crippen molar-refractivity contribution in [2.45, 2.75) is 25.0 Å². The van der Waals surface area contributed by atoms with Crippen LogP contribution < -0.4 is 15.5 Å². The predicted molar refractivity (Wildman–Crippen MR) is 82.7 cm³/mol. The van der Waals surface area contributed by atoms with E-state index in [0.717, 1.165) is 11.3 Å². The third-order valence-corrected chi connectivity index (χ3v) is 4.30. The Labute approximate surface area is 129 Å². The number of amides is 2. The van der Waals surface area contributed by atoms with Gasteiger partial charge in [-0.15, -0.1) is 0 Å². The Morgan fingerprint density at radius 1 is 1.45 bits per heavy atom. The maximum Gasteiger partial charge on any atom is 0.237 e. The van der Waals surface area contributed by atoms with Crippen LogP contribution in [0.1, 0.15) is 12.0 Å². The number of hydrogen-bond donors (Lipinski definition) is 2. The van der Waals surface area contributed by atoms with E-state index in [-0.39, 0.29) is 24.0 Å². The highest BCUT2D eigenvalue weighted by Crippen LogP contribution is 2.27. The summed E-state index contributed by atoms with van der Waals surface area (Å²) in [6, 6.07) is 7.58. The predicted octanol–water partition coefficient (Wildman–Crippen LogP) is 0.0688. The van der Waals surface area contributed by atoms with Gasteiger partial charge in [-0.1, -0.05) is 18.2 Å². The molecule has 6 heteroatoms. The third-order valence-electron chi connectivity index (χ3n) is 4.30. The molecule has 2 N–H and O–H groups in total. The minimum absolute atomic E-state index is 0.0283. The number of benzene rings is 1. The quantitative estimate of drug-likeness (QED) is 0.807. The summed E-state index contributed by atoms with van der Waals surface area (Å²) in [5.41, 5.74) is 2.01. The standard InChI is InChI=1S/C16H21N3O3/c1-22-12-9-13(18-10-12)16(21)17-6-7-19-14-5-3-2-4-11(14)8-15(19)20/h2-5,12-13,18H,6-10H2,1H3,(H,17,21)/t12-,13+/m0/s1. The van der Waals surface area contributed by atoms with Crippen molar-refractivity contribution in [1.29, 1.82) is 0 Å². The van der Waals surface area contributed by atoms with Crippen molar-refractivity contribution in [3.8, 4) is 0 Å². The summed E-state index contributed by atoms with van der Waals surface area (Å²) in [6.07, 6.45) is 1.24. The largest absolute Gasteiger partial charge is 0.380 e. The number of anilines is 1. The second-order valence-electron chi connectivity index (χ2n) is 5.70. The number of ether oxygens (including phenoxy) is 1. The first-order valence-corrected chi connectivity index (χ1v) is 7.61. The van der Waals surface area contributed by atoms with Crippen LogP contribution in [0.15, 0.2) is 24.3 Å². The second kappa shape index (κ2) is 6.46. The maximum atomic E-state index is 12.1. The molecule has 0 unspecified atom stereocenters. The van der Waals surface area contributed by atoms with Crippen LogP contribution >= 0.6 is 0 Å². The normalized spacial score (nSPS) is 23.7. The molecular formula is C16H21N3O3. The molecule has 3 rings (SSSR count). The first kappa shape index (κ1) is 15.0. The molecule has 0 aliphatic carbocycles. The summed E-state index contributed by atoms with van der Waals surface area (Å²) < 4.78 is 5.24. The van der Waals surface area contributed by atoms with E-state index >= 15 is 0 Å². The number of nitrogens with one attached hydrogen (secondary N) is 2. The van der Waals surface area contributed by atoms with Crippen LogP contribution in [-0.2, 0) is 20.7 Å². The number of carbonyl (C=O) groups excluding carboxylic acids is 2. The van der Waals surface area contributed by atoms with E-state index in [2.05, 4.69) is 10.6 Å². The molecular weight excluding hydrogens is 282 g/mol. The first-order chi connectivity index (χ1) is 10.7. The number of para-hydroxylation sites is 1. The number of rotatable bonds is 5. The zero-order valence-corrected chi connectivity index (χ0v) is 12.7. The Kier molecular flexibility index (Phi) is 4.40. The maximum absolute atomic E-state index is 12.1. The second-order valence-corrected chi connectivity index (χ2v) is 5.70. The van der Waals surface area contributed by atoms with Gasteiger partial charge < -0.3 is 20.3 Å². The van der Waals surface area contributed by atoms with Gasteiger partial charge in [-0.05, 0) is 18.1 Å².